The average molecular weight is 397 g/mol. The molecule has 0 bridgehead atoms. The van der Waals surface area contributed by atoms with Gasteiger partial charge in [-0.15, -0.1) is 0 Å². The van der Waals surface area contributed by atoms with Gasteiger partial charge in [-0.1, -0.05) is 41.1 Å². The molecular weight excluding hydrogens is 372 g/mol. The van der Waals surface area contributed by atoms with E-state index in [1.165, 1.54) is 5.56 Å². The number of benzene rings is 1. The third-order valence-corrected chi connectivity index (χ3v) is 5.44. The SMILES string of the molecule is CCC(Cc1ccccc1Br)NC(=O)NC1CCC(C(=O)O)CC1. The lowest BCUT2D eigenvalue weighted by Gasteiger charge is -2.28. The van der Waals surface area contributed by atoms with E-state index in [4.69, 9.17) is 5.11 Å². The molecule has 1 unspecified atom stereocenters. The van der Waals surface area contributed by atoms with Crippen molar-refractivity contribution in [1.29, 1.82) is 0 Å². The molecule has 132 valence electrons. The second-order valence-corrected chi connectivity index (χ2v) is 7.26. The van der Waals surface area contributed by atoms with Crippen LogP contribution in [-0.2, 0) is 11.2 Å². The molecule has 0 aromatic heterocycles. The smallest absolute Gasteiger partial charge is 0.315 e. The van der Waals surface area contributed by atoms with E-state index in [0.29, 0.717) is 12.8 Å². The lowest BCUT2D eigenvalue weighted by atomic mass is 9.86. The summed E-state index contributed by atoms with van der Waals surface area (Å²) in [6.07, 6.45) is 4.34. The van der Waals surface area contributed by atoms with Crippen molar-refractivity contribution in [1.82, 2.24) is 10.6 Å². The van der Waals surface area contributed by atoms with Gasteiger partial charge in [0, 0.05) is 16.6 Å². The van der Waals surface area contributed by atoms with Crippen LogP contribution in [0.5, 0.6) is 0 Å². The second-order valence-electron chi connectivity index (χ2n) is 6.41. The number of urea groups is 1. The summed E-state index contributed by atoms with van der Waals surface area (Å²) in [4.78, 5) is 23.2. The molecule has 3 N–H and O–H groups in total. The van der Waals surface area contributed by atoms with Crippen molar-refractivity contribution in [2.24, 2.45) is 5.92 Å². The van der Waals surface area contributed by atoms with Crippen molar-refractivity contribution in [2.75, 3.05) is 0 Å². The first-order valence-corrected chi connectivity index (χ1v) is 9.32. The molecule has 6 heteroatoms. The van der Waals surface area contributed by atoms with E-state index >= 15 is 0 Å². The Morgan fingerprint density at radius 1 is 1.25 bits per heavy atom. The van der Waals surface area contributed by atoms with E-state index in [9.17, 15) is 9.59 Å². The quantitative estimate of drug-likeness (QED) is 0.685. The zero-order valence-corrected chi connectivity index (χ0v) is 15.5. The van der Waals surface area contributed by atoms with Crippen LogP contribution in [0.15, 0.2) is 28.7 Å². The zero-order chi connectivity index (χ0) is 17.5. The molecule has 1 fully saturated rings. The Kier molecular flexibility index (Phi) is 7.09. The molecule has 1 atom stereocenters. The maximum Gasteiger partial charge on any atom is 0.315 e. The molecule has 2 amide bonds. The van der Waals surface area contributed by atoms with Crippen molar-refractivity contribution in [2.45, 2.75) is 57.5 Å². The summed E-state index contributed by atoms with van der Waals surface area (Å²) in [6.45, 7) is 2.06. The third kappa shape index (κ3) is 5.51. The zero-order valence-electron chi connectivity index (χ0n) is 13.9. The molecule has 0 aliphatic heterocycles. The Morgan fingerprint density at radius 3 is 2.50 bits per heavy atom. The van der Waals surface area contributed by atoms with E-state index in [1.54, 1.807) is 0 Å². The molecule has 1 aromatic rings. The Labute approximate surface area is 151 Å². The van der Waals surface area contributed by atoms with Gasteiger partial charge in [-0.05, 0) is 50.2 Å². The fourth-order valence-corrected chi connectivity index (χ4v) is 3.57. The van der Waals surface area contributed by atoms with E-state index < -0.39 is 5.97 Å². The first-order chi connectivity index (χ1) is 11.5. The molecule has 24 heavy (non-hydrogen) atoms. The van der Waals surface area contributed by atoms with Crippen LogP contribution >= 0.6 is 15.9 Å². The van der Waals surface area contributed by atoms with Crippen LogP contribution in [0.3, 0.4) is 0 Å². The van der Waals surface area contributed by atoms with Crippen molar-refractivity contribution in [3.8, 4) is 0 Å². The van der Waals surface area contributed by atoms with E-state index in [0.717, 1.165) is 30.2 Å². The highest BCUT2D eigenvalue weighted by molar-refractivity contribution is 9.10. The fraction of sp³-hybridized carbons (Fsp3) is 0.556. The lowest BCUT2D eigenvalue weighted by molar-refractivity contribution is -0.142. The van der Waals surface area contributed by atoms with Gasteiger partial charge in [0.2, 0.25) is 0 Å². The van der Waals surface area contributed by atoms with Crippen LogP contribution in [-0.4, -0.2) is 29.2 Å². The van der Waals surface area contributed by atoms with Gasteiger partial charge in [0.25, 0.3) is 0 Å². The van der Waals surface area contributed by atoms with Crippen LogP contribution in [0.1, 0.15) is 44.6 Å². The van der Waals surface area contributed by atoms with E-state index in [-0.39, 0.29) is 24.0 Å². The highest BCUT2D eigenvalue weighted by Gasteiger charge is 2.27. The highest BCUT2D eigenvalue weighted by Crippen LogP contribution is 2.24. The van der Waals surface area contributed by atoms with Crippen molar-refractivity contribution < 1.29 is 14.7 Å². The van der Waals surface area contributed by atoms with Crippen LogP contribution in [0.2, 0.25) is 0 Å². The van der Waals surface area contributed by atoms with Gasteiger partial charge in [0.1, 0.15) is 0 Å². The van der Waals surface area contributed by atoms with Gasteiger partial charge in [-0.3, -0.25) is 4.79 Å². The number of nitrogens with one attached hydrogen (secondary N) is 2. The molecule has 0 spiro atoms. The van der Waals surface area contributed by atoms with Gasteiger partial charge in [-0.25, -0.2) is 4.79 Å². The minimum atomic E-state index is -0.725. The number of hydrogen-bond donors (Lipinski definition) is 3. The van der Waals surface area contributed by atoms with E-state index in [2.05, 4.69) is 39.6 Å². The van der Waals surface area contributed by atoms with Crippen molar-refractivity contribution in [3.63, 3.8) is 0 Å². The molecule has 0 heterocycles. The summed E-state index contributed by atoms with van der Waals surface area (Å²) in [7, 11) is 0. The summed E-state index contributed by atoms with van der Waals surface area (Å²) in [5.74, 6) is -0.984. The van der Waals surface area contributed by atoms with Crippen LogP contribution in [0.25, 0.3) is 0 Å². The molecular formula is C18H25BrN2O3. The number of aliphatic carboxylic acids is 1. The molecule has 1 aliphatic rings. The Bertz CT molecular complexity index is 571. The van der Waals surface area contributed by atoms with Gasteiger partial charge >= 0.3 is 12.0 Å². The fourth-order valence-electron chi connectivity index (χ4n) is 3.12. The van der Waals surface area contributed by atoms with Crippen LogP contribution in [0.4, 0.5) is 4.79 Å². The molecule has 1 aromatic carbocycles. The Hall–Kier alpha value is -1.56. The van der Waals surface area contributed by atoms with Crippen LogP contribution in [0, 0.1) is 5.92 Å². The predicted molar refractivity (Wildman–Crippen MR) is 97.0 cm³/mol. The summed E-state index contributed by atoms with van der Waals surface area (Å²) in [5, 5.41) is 15.0. The first-order valence-electron chi connectivity index (χ1n) is 8.52. The van der Waals surface area contributed by atoms with Crippen molar-refractivity contribution >= 4 is 27.9 Å². The number of carbonyl (C=O) groups excluding carboxylic acids is 1. The number of carboxylic acid groups (broad SMARTS) is 1. The molecule has 0 saturated heterocycles. The first kappa shape index (κ1) is 18.8. The summed E-state index contributed by atoms with van der Waals surface area (Å²) in [5.41, 5.74) is 1.17. The van der Waals surface area contributed by atoms with Gasteiger partial charge in [-0.2, -0.15) is 0 Å². The monoisotopic (exact) mass is 396 g/mol. The molecule has 5 nitrogen and oxygen atoms in total. The summed E-state index contributed by atoms with van der Waals surface area (Å²) in [6, 6.07) is 8.01. The second kappa shape index (κ2) is 9.06. The van der Waals surface area contributed by atoms with Crippen LogP contribution < -0.4 is 10.6 Å². The minimum absolute atomic E-state index is 0.0686. The number of carboxylic acids is 1. The van der Waals surface area contributed by atoms with Gasteiger partial charge in [0.15, 0.2) is 0 Å². The van der Waals surface area contributed by atoms with Crippen molar-refractivity contribution in [3.05, 3.63) is 34.3 Å². The summed E-state index contributed by atoms with van der Waals surface area (Å²) < 4.78 is 1.05. The molecule has 1 aliphatic carbocycles. The average Bonchev–Trinajstić information content (AvgIpc) is 2.56. The Balaban J connectivity index is 1.80. The normalized spacial score (nSPS) is 21.8. The maximum atomic E-state index is 12.2. The topological polar surface area (TPSA) is 78.4 Å². The maximum absolute atomic E-state index is 12.2. The number of carbonyl (C=O) groups is 2. The standard InChI is InChI=1S/C18H25BrN2O3/c1-2-14(11-13-5-3-4-6-16(13)19)20-18(24)21-15-9-7-12(8-10-15)17(22)23/h3-6,12,14-15H,2,7-11H2,1H3,(H,22,23)(H2,20,21,24). The van der Waals surface area contributed by atoms with E-state index in [1.807, 2.05) is 18.2 Å². The minimum Gasteiger partial charge on any atom is -0.481 e. The van der Waals surface area contributed by atoms with Gasteiger partial charge < -0.3 is 15.7 Å². The lowest BCUT2D eigenvalue weighted by Crippen LogP contribution is -2.48. The number of hydrogen-bond acceptors (Lipinski definition) is 2. The summed E-state index contributed by atoms with van der Waals surface area (Å²) >= 11 is 3.54. The highest BCUT2D eigenvalue weighted by atomic mass is 79.9. The number of amides is 2. The number of rotatable bonds is 6. The molecule has 0 radical (unpaired) electrons. The molecule has 1 saturated carbocycles. The predicted octanol–water partition coefficient (Wildman–Crippen LogP) is 3.71. The third-order valence-electron chi connectivity index (χ3n) is 4.66. The Morgan fingerprint density at radius 2 is 1.92 bits per heavy atom. The molecule has 2 rings (SSSR count). The number of halogens is 1. The van der Waals surface area contributed by atoms with Gasteiger partial charge in [0.05, 0.1) is 5.92 Å². The largest absolute Gasteiger partial charge is 0.481 e.